The highest BCUT2D eigenvalue weighted by atomic mass is 79.9. The van der Waals surface area contributed by atoms with E-state index in [1.165, 1.54) is 0 Å². The average Bonchev–Trinajstić information content (AvgIpc) is 3.09. The number of piperidine rings is 1. The van der Waals surface area contributed by atoms with Crippen LogP contribution in [-0.2, 0) is 0 Å². The van der Waals surface area contributed by atoms with E-state index in [1.54, 1.807) is 15.6 Å². The Labute approximate surface area is 181 Å². The fourth-order valence-electron chi connectivity index (χ4n) is 3.79. The second-order valence-corrected chi connectivity index (χ2v) is 8.34. The number of aromatic nitrogens is 3. The van der Waals surface area contributed by atoms with Gasteiger partial charge in [-0.1, -0.05) is 29.8 Å². The first-order valence-electron chi connectivity index (χ1n) is 9.57. The number of halogens is 2. The molecule has 1 aliphatic rings. The topological polar surface area (TPSA) is 82.8 Å². The zero-order valence-electron chi connectivity index (χ0n) is 15.7. The molecule has 4 rings (SSSR count). The molecule has 2 N–H and O–H groups in total. The highest BCUT2D eigenvalue weighted by Crippen LogP contribution is 2.30. The van der Waals surface area contributed by atoms with Gasteiger partial charge in [-0.25, -0.2) is 9.78 Å². The van der Waals surface area contributed by atoms with Crippen molar-refractivity contribution in [3.05, 3.63) is 46.0 Å². The number of nitrogens with one attached hydrogen (secondary N) is 1. The maximum absolute atomic E-state index is 11.5. The summed E-state index contributed by atoms with van der Waals surface area (Å²) in [4.78, 5) is 17.7. The number of fused-ring (bicyclic) bond motifs is 1. The monoisotopic (exact) mass is 477 g/mol. The molecule has 2 aromatic heterocycles. The molecule has 0 bridgehead atoms. The number of nitrogens with zero attached hydrogens (tertiary/aromatic N) is 4. The van der Waals surface area contributed by atoms with Crippen molar-refractivity contribution in [1.29, 1.82) is 0 Å². The van der Waals surface area contributed by atoms with Gasteiger partial charge in [-0.3, -0.25) is 0 Å². The van der Waals surface area contributed by atoms with Gasteiger partial charge in [0, 0.05) is 35.8 Å². The van der Waals surface area contributed by atoms with Gasteiger partial charge in [-0.2, -0.15) is 9.61 Å². The second-order valence-electron chi connectivity index (χ2n) is 7.08. The molecule has 1 aliphatic heterocycles. The zero-order chi connectivity index (χ0) is 20.4. The van der Waals surface area contributed by atoms with E-state index in [9.17, 15) is 9.90 Å². The van der Waals surface area contributed by atoms with E-state index in [0.717, 1.165) is 47.2 Å². The van der Waals surface area contributed by atoms with Gasteiger partial charge in [0.2, 0.25) is 0 Å². The second kappa shape index (κ2) is 8.59. The first-order chi connectivity index (χ1) is 14.0. The molecule has 9 heteroatoms. The lowest BCUT2D eigenvalue weighted by molar-refractivity contribution is 0.105. The molecule has 0 spiro atoms. The summed E-state index contributed by atoms with van der Waals surface area (Å²) in [5.74, 6) is 0.785. The summed E-state index contributed by atoms with van der Waals surface area (Å²) >= 11 is 9.87. The maximum Gasteiger partial charge on any atom is 0.407 e. The Hall–Kier alpha value is -2.32. The number of likely N-dealkylation sites (tertiary alicyclic amines) is 1. The van der Waals surface area contributed by atoms with Crippen molar-refractivity contribution in [3.8, 4) is 11.3 Å². The number of carboxylic acid groups (broad SMARTS) is 1. The lowest BCUT2D eigenvalue weighted by Gasteiger charge is -2.33. The fraction of sp³-hybridized carbons (Fsp3) is 0.350. The van der Waals surface area contributed by atoms with E-state index in [-0.39, 0.29) is 6.04 Å². The predicted octanol–water partition coefficient (Wildman–Crippen LogP) is 5.15. The van der Waals surface area contributed by atoms with Crippen LogP contribution in [0.5, 0.6) is 0 Å². The molecule has 0 saturated carbocycles. The van der Waals surface area contributed by atoms with Crippen molar-refractivity contribution >= 4 is 45.1 Å². The number of rotatable bonds is 5. The molecule has 29 heavy (non-hydrogen) atoms. The van der Waals surface area contributed by atoms with Crippen LogP contribution in [0.3, 0.4) is 0 Å². The first kappa shape index (κ1) is 20.0. The van der Waals surface area contributed by atoms with Gasteiger partial charge in [-0.05, 0) is 47.7 Å². The van der Waals surface area contributed by atoms with Gasteiger partial charge in [0.1, 0.15) is 5.82 Å². The van der Waals surface area contributed by atoms with Crippen LogP contribution in [0.25, 0.3) is 16.9 Å². The molecular formula is C20H21BrClN5O2. The third-order valence-corrected chi connectivity index (χ3v) is 6.12. The summed E-state index contributed by atoms with van der Waals surface area (Å²) in [6.45, 7) is 1.25. The Morgan fingerprint density at radius 2 is 2.17 bits per heavy atom. The van der Waals surface area contributed by atoms with Crippen molar-refractivity contribution < 1.29 is 9.90 Å². The van der Waals surface area contributed by atoms with Crippen LogP contribution < -0.4 is 5.32 Å². The van der Waals surface area contributed by atoms with E-state index < -0.39 is 6.09 Å². The minimum absolute atomic E-state index is 0.0403. The maximum atomic E-state index is 11.5. The Balaban J connectivity index is 1.58. The lowest BCUT2D eigenvalue weighted by Crippen LogP contribution is -2.43. The van der Waals surface area contributed by atoms with Gasteiger partial charge in [0.15, 0.2) is 5.65 Å². The summed E-state index contributed by atoms with van der Waals surface area (Å²) < 4.78 is 2.53. The molecular weight excluding hydrogens is 458 g/mol. The predicted molar refractivity (Wildman–Crippen MR) is 117 cm³/mol. The van der Waals surface area contributed by atoms with Crippen molar-refractivity contribution in [2.75, 3.05) is 18.4 Å². The van der Waals surface area contributed by atoms with Crippen LogP contribution in [0.15, 0.2) is 41.0 Å². The van der Waals surface area contributed by atoms with E-state index in [4.69, 9.17) is 16.6 Å². The third kappa shape index (κ3) is 4.18. The molecule has 0 radical (unpaired) electrons. The molecule has 3 heterocycles. The number of anilines is 1. The minimum Gasteiger partial charge on any atom is -0.465 e. The van der Waals surface area contributed by atoms with Gasteiger partial charge in [0.25, 0.3) is 0 Å². The molecule has 1 amide bonds. The summed E-state index contributed by atoms with van der Waals surface area (Å²) in [6, 6.07) is 9.54. The highest BCUT2D eigenvalue weighted by molar-refractivity contribution is 9.10. The summed E-state index contributed by atoms with van der Waals surface area (Å²) in [7, 11) is 0. The van der Waals surface area contributed by atoms with Crippen molar-refractivity contribution in [3.63, 3.8) is 0 Å². The zero-order valence-corrected chi connectivity index (χ0v) is 18.0. The molecule has 7 nitrogen and oxygen atoms in total. The third-order valence-electron chi connectivity index (χ3n) is 5.24. The number of carbonyl (C=O) groups is 1. The van der Waals surface area contributed by atoms with Crippen LogP contribution in [-0.4, -0.2) is 49.8 Å². The Bertz CT molecular complexity index is 1040. The molecule has 1 aromatic carbocycles. The fourth-order valence-corrected chi connectivity index (χ4v) is 4.37. The van der Waals surface area contributed by atoms with E-state index in [2.05, 4.69) is 26.3 Å². The number of benzene rings is 1. The lowest BCUT2D eigenvalue weighted by atomic mass is 10.00. The normalized spacial score (nSPS) is 16.9. The van der Waals surface area contributed by atoms with Gasteiger partial charge < -0.3 is 15.3 Å². The molecule has 1 atom stereocenters. The van der Waals surface area contributed by atoms with Gasteiger partial charge >= 0.3 is 6.09 Å². The van der Waals surface area contributed by atoms with Crippen LogP contribution in [0.4, 0.5) is 10.6 Å². The molecule has 1 fully saturated rings. The Morgan fingerprint density at radius 3 is 2.97 bits per heavy atom. The summed E-state index contributed by atoms with van der Waals surface area (Å²) in [5, 5.41) is 17.9. The number of hydrogen-bond acceptors (Lipinski definition) is 4. The Kier molecular flexibility index (Phi) is 5.91. The van der Waals surface area contributed by atoms with E-state index in [0.29, 0.717) is 23.8 Å². The average molecular weight is 479 g/mol. The van der Waals surface area contributed by atoms with Crippen molar-refractivity contribution in [1.82, 2.24) is 19.5 Å². The van der Waals surface area contributed by atoms with Crippen LogP contribution in [0.2, 0.25) is 5.02 Å². The molecule has 152 valence electrons. The smallest absolute Gasteiger partial charge is 0.407 e. The quantitative estimate of drug-likeness (QED) is 0.530. The van der Waals surface area contributed by atoms with E-state index in [1.807, 2.05) is 30.3 Å². The number of amides is 1. The molecule has 1 unspecified atom stereocenters. The Morgan fingerprint density at radius 1 is 1.34 bits per heavy atom. The van der Waals surface area contributed by atoms with Gasteiger partial charge in [-0.15, -0.1) is 0 Å². The van der Waals surface area contributed by atoms with E-state index >= 15 is 0 Å². The van der Waals surface area contributed by atoms with Gasteiger partial charge in [0.05, 0.1) is 16.4 Å². The first-order valence-corrected chi connectivity index (χ1v) is 10.7. The van der Waals surface area contributed by atoms with Crippen LogP contribution >= 0.6 is 27.5 Å². The summed E-state index contributed by atoms with van der Waals surface area (Å²) in [5.41, 5.74) is 2.28. The highest BCUT2D eigenvalue weighted by Gasteiger charge is 2.25. The summed E-state index contributed by atoms with van der Waals surface area (Å²) in [6.07, 6.45) is 4.51. The molecule has 1 saturated heterocycles. The SMILES string of the molecule is O=C(O)N1CCCCC1CCNc1cc(-c2ccccc2Cl)nc2c(Br)cnn12. The standard InChI is InChI=1S/C20H21BrClN5O2/c21-15-12-24-27-18(23-9-8-13-5-3-4-10-26(13)20(28)29)11-17(25-19(15)27)14-6-1-2-7-16(14)22/h1-2,6-7,11-13,23H,3-5,8-10H2,(H,28,29). The van der Waals surface area contributed by atoms with Crippen LogP contribution in [0, 0.1) is 0 Å². The van der Waals surface area contributed by atoms with Crippen LogP contribution in [0.1, 0.15) is 25.7 Å². The number of hydrogen-bond donors (Lipinski definition) is 2. The van der Waals surface area contributed by atoms with Crippen molar-refractivity contribution in [2.45, 2.75) is 31.7 Å². The van der Waals surface area contributed by atoms with Crippen molar-refractivity contribution in [2.24, 2.45) is 0 Å². The largest absolute Gasteiger partial charge is 0.465 e. The molecule has 0 aliphatic carbocycles. The molecule has 3 aromatic rings. The minimum atomic E-state index is -0.835.